The van der Waals surface area contributed by atoms with Crippen molar-refractivity contribution in [1.82, 2.24) is 19.6 Å². The Kier molecular flexibility index (Phi) is 3.99. The number of aromatic nitrogens is 4. The van der Waals surface area contributed by atoms with Gasteiger partial charge in [-0.3, -0.25) is 0 Å². The van der Waals surface area contributed by atoms with Crippen LogP contribution in [-0.2, 0) is 12.8 Å². The van der Waals surface area contributed by atoms with Crippen LogP contribution in [0.25, 0.3) is 5.78 Å². The molecular formula is C21H26N6. The van der Waals surface area contributed by atoms with E-state index < -0.39 is 0 Å². The van der Waals surface area contributed by atoms with Crippen LogP contribution in [0.15, 0.2) is 24.5 Å². The highest BCUT2D eigenvalue weighted by Crippen LogP contribution is 2.31. The van der Waals surface area contributed by atoms with E-state index in [1.54, 1.807) is 6.33 Å². The van der Waals surface area contributed by atoms with Crippen LogP contribution in [0.1, 0.15) is 35.2 Å². The Labute approximate surface area is 159 Å². The lowest BCUT2D eigenvalue weighted by atomic mass is 9.96. The van der Waals surface area contributed by atoms with Gasteiger partial charge in [-0.15, -0.1) is 0 Å². The number of aryl methyl sites for hydroxylation is 3. The molecule has 1 saturated heterocycles. The van der Waals surface area contributed by atoms with E-state index >= 15 is 0 Å². The van der Waals surface area contributed by atoms with Crippen molar-refractivity contribution in [3.8, 4) is 0 Å². The normalized spacial score (nSPS) is 17.4. The summed E-state index contributed by atoms with van der Waals surface area (Å²) in [6.45, 7) is 8.42. The zero-order valence-corrected chi connectivity index (χ0v) is 16.1. The van der Waals surface area contributed by atoms with Crippen LogP contribution in [0.5, 0.6) is 0 Å². The number of piperazine rings is 1. The molecule has 6 heteroatoms. The minimum absolute atomic E-state index is 0.738. The van der Waals surface area contributed by atoms with Crippen LogP contribution < -0.4 is 9.80 Å². The SMILES string of the molecule is Cc1ccc(N2CCN(c3c4c(nc5ncnn35)CCCC4)CC2)c(C)c1. The lowest BCUT2D eigenvalue weighted by molar-refractivity contribution is 0.614. The van der Waals surface area contributed by atoms with Crippen LogP contribution in [0.3, 0.4) is 0 Å². The van der Waals surface area contributed by atoms with E-state index in [0.717, 1.165) is 44.8 Å². The van der Waals surface area contributed by atoms with Gasteiger partial charge in [0.1, 0.15) is 12.1 Å². The van der Waals surface area contributed by atoms with Gasteiger partial charge in [0.25, 0.3) is 5.78 Å². The largest absolute Gasteiger partial charge is 0.368 e. The molecule has 0 saturated carbocycles. The Hall–Kier alpha value is -2.63. The summed E-state index contributed by atoms with van der Waals surface area (Å²) in [7, 11) is 0. The fourth-order valence-corrected chi connectivity index (χ4v) is 4.61. The second kappa shape index (κ2) is 6.51. The van der Waals surface area contributed by atoms with Crippen molar-refractivity contribution in [3.63, 3.8) is 0 Å². The highest BCUT2D eigenvalue weighted by molar-refractivity contribution is 5.59. The van der Waals surface area contributed by atoms with Gasteiger partial charge < -0.3 is 9.80 Å². The van der Waals surface area contributed by atoms with Gasteiger partial charge in [-0.1, -0.05) is 17.7 Å². The summed E-state index contributed by atoms with van der Waals surface area (Å²) in [6.07, 6.45) is 6.26. The highest BCUT2D eigenvalue weighted by atomic mass is 15.4. The van der Waals surface area contributed by atoms with Crippen molar-refractivity contribution in [2.75, 3.05) is 36.0 Å². The molecule has 0 atom stereocenters. The van der Waals surface area contributed by atoms with Crippen LogP contribution in [0.2, 0.25) is 0 Å². The van der Waals surface area contributed by atoms with Gasteiger partial charge in [0, 0.05) is 37.4 Å². The van der Waals surface area contributed by atoms with Crippen LogP contribution >= 0.6 is 0 Å². The molecule has 140 valence electrons. The molecule has 3 aromatic rings. The minimum atomic E-state index is 0.738. The maximum atomic E-state index is 4.77. The predicted octanol–water partition coefficient (Wildman–Crippen LogP) is 2.95. The summed E-state index contributed by atoms with van der Waals surface area (Å²) >= 11 is 0. The smallest absolute Gasteiger partial charge is 0.254 e. The molecule has 0 amide bonds. The second-order valence-corrected chi connectivity index (χ2v) is 7.80. The third-order valence-electron chi connectivity index (χ3n) is 5.95. The summed E-state index contributed by atoms with van der Waals surface area (Å²) in [6, 6.07) is 6.76. The molecule has 2 aliphatic rings. The average molecular weight is 362 g/mol. The molecule has 27 heavy (non-hydrogen) atoms. The summed E-state index contributed by atoms with van der Waals surface area (Å²) < 4.78 is 1.96. The molecule has 3 heterocycles. The fraction of sp³-hybridized carbons (Fsp3) is 0.476. The van der Waals surface area contributed by atoms with Crippen LogP contribution in [-0.4, -0.2) is 45.8 Å². The van der Waals surface area contributed by atoms with E-state index in [1.807, 2.05) is 4.52 Å². The standard InChI is InChI=1S/C21H26N6/c1-15-7-8-19(16(2)13-15)25-9-11-26(12-10-25)20-17-5-3-4-6-18(17)24-21-22-14-23-27(20)21/h7-8,13-14H,3-6,9-12H2,1-2H3. The van der Waals surface area contributed by atoms with Crippen molar-refractivity contribution in [1.29, 1.82) is 0 Å². The predicted molar refractivity (Wildman–Crippen MR) is 108 cm³/mol. The Balaban J connectivity index is 1.45. The van der Waals surface area contributed by atoms with E-state index in [4.69, 9.17) is 4.98 Å². The van der Waals surface area contributed by atoms with Gasteiger partial charge in [0.2, 0.25) is 0 Å². The number of nitrogens with zero attached hydrogens (tertiary/aromatic N) is 6. The van der Waals surface area contributed by atoms with Gasteiger partial charge in [-0.25, -0.2) is 4.98 Å². The zero-order valence-electron chi connectivity index (χ0n) is 16.1. The van der Waals surface area contributed by atoms with Gasteiger partial charge in [0.05, 0.1) is 5.69 Å². The summed E-state index contributed by atoms with van der Waals surface area (Å²) in [5, 5.41) is 4.49. The quantitative estimate of drug-likeness (QED) is 0.701. The van der Waals surface area contributed by atoms with E-state index in [2.05, 4.69) is 51.9 Å². The molecule has 0 bridgehead atoms. The molecule has 0 spiro atoms. The third kappa shape index (κ3) is 2.83. The van der Waals surface area contributed by atoms with E-state index in [9.17, 15) is 0 Å². The number of rotatable bonds is 2. The first-order chi connectivity index (χ1) is 13.2. The zero-order chi connectivity index (χ0) is 18.4. The molecule has 0 unspecified atom stereocenters. The van der Waals surface area contributed by atoms with Crippen LogP contribution in [0, 0.1) is 13.8 Å². The number of hydrogen-bond acceptors (Lipinski definition) is 5. The number of benzene rings is 1. The van der Waals surface area contributed by atoms with Crippen molar-refractivity contribution >= 4 is 17.3 Å². The molecule has 2 aromatic heterocycles. The first-order valence-electron chi connectivity index (χ1n) is 9.99. The summed E-state index contributed by atoms with van der Waals surface area (Å²) in [4.78, 5) is 14.1. The minimum Gasteiger partial charge on any atom is -0.368 e. The van der Waals surface area contributed by atoms with E-state index in [0.29, 0.717) is 0 Å². The van der Waals surface area contributed by atoms with E-state index in [-0.39, 0.29) is 0 Å². The topological polar surface area (TPSA) is 49.6 Å². The molecular weight excluding hydrogens is 336 g/mol. The van der Waals surface area contributed by atoms with Gasteiger partial charge in [0.15, 0.2) is 0 Å². The van der Waals surface area contributed by atoms with E-state index in [1.165, 1.54) is 46.7 Å². The Morgan fingerprint density at radius 2 is 1.70 bits per heavy atom. The first kappa shape index (κ1) is 16.5. The second-order valence-electron chi connectivity index (χ2n) is 7.80. The fourth-order valence-electron chi connectivity index (χ4n) is 4.61. The number of hydrogen-bond donors (Lipinski definition) is 0. The van der Waals surface area contributed by atoms with Crippen molar-refractivity contribution in [2.24, 2.45) is 0 Å². The Morgan fingerprint density at radius 1 is 0.926 bits per heavy atom. The summed E-state index contributed by atoms with van der Waals surface area (Å²) in [5.41, 5.74) is 6.67. The molecule has 5 rings (SSSR count). The Bertz CT molecular complexity index is 984. The molecule has 6 nitrogen and oxygen atoms in total. The number of anilines is 2. The summed E-state index contributed by atoms with van der Waals surface area (Å²) in [5.74, 6) is 1.97. The first-order valence-corrected chi connectivity index (χ1v) is 9.99. The van der Waals surface area contributed by atoms with Gasteiger partial charge in [-0.2, -0.15) is 14.6 Å². The van der Waals surface area contributed by atoms with Crippen molar-refractivity contribution in [3.05, 3.63) is 46.9 Å². The monoisotopic (exact) mass is 362 g/mol. The maximum Gasteiger partial charge on any atom is 0.254 e. The van der Waals surface area contributed by atoms with Gasteiger partial charge >= 0.3 is 0 Å². The lowest BCUT2D eigenvalue weighted by Crippen LogP contribution is -2.48. The highest BCUT2D eigenvalue weighted by Gasteiger charge is 2.26. The maximum absolute atomic E-state index is 4.77. The molecule has 0 N–H and O–H groups in total. The average Bonchev–Trinajstić information content (AvgIpc) is 3.14. The molecule has 1 aliphatic heterocycles. The van der Waals surface area contributed by atoms with Crippen molar-refractivity contribution < 1.29 is 0 Å². The van der Waals surface area contributed by atoms with Crippen molar-refractivity contribution in [2.45, 2.75) is 39.5 Å². The Morgan fingerprint density at radius 3 is 2.52 bits per heavy atom. The molecule has 0 radical (unpaired) electrons. The van der Waals surface area contributed by atoms with Gasteiger partial charge in [-0.05, 0) is 51.2 Å². The molecule has 1 aromatic carbocycles. The molecule has 1 aliphatic carbocycles. The molecule has 1 fully saturated rings. The van der Waals surface area contributed by atoms with Crippen LogP contribution in [0.4, 0.5) is 11.5 Å². The third-order valence-corrected chi connectivity index (χ3v) is 5.95. The number of fused-ring (bicyclic) bond motifs is 2. The lowest BCUT2D eigenvalue weighted by Gasteiger charge is -2.39.